The average Bonchev–Trinajstić information content (AvgIpc) is 3.31. The van der Waals surface area contributed by atoms with Gasteiger partial charge in [0.15, 0.2) is 5.82 Å². The van der Waals surface area contributed by atoms with Crippen LogP contribution in [0.1, 0.15) is 72.6 Å². The first kappa shape index (κ1) is 20.8. The van der Waals surface area contributed by atoms with Crippen molar-refractivity contribution in [1.29, 1.82) is 0 Å². The molecule has 7 nitrogen and oxygen atoms in total. The lowest BCUT2D eigenvalue weighted by molar-refractivity contribution is 0.0590. The molecule has 0 bridgehead atoms. The standard InChI is InChI=1S/C23H29ClN4O3/c1-27-14-23(13-18(27)20-25-21(31-26-20)15-4-3-5-15)8-10-28(11-9-23)22(29)17-12-16(24)6-7-19(17)30-2/h6-7,12,15,18H,3-5,8-11,13-14H2,1-2H3. The van der Waals surface area contributed by atoms with Crippen LogP contribution in [-0.4, -0.2) is 59.6 Å². The zero-order valence-electron chi connectivity index (χ0n) is 18.1. The van der Waals surface area contributed by atoms with E-state index in [2.05, 4.69) is 17.1 Å². The van der Waals surface area contributed by atoms with Gasteiger partial charge in [-0.3, -0.25) is 9.69 Å². The van der Waals surface area contributed by atoms with Crippen LogP contribution in [0.4, 0.5) is 0 Å². The first-order valence-corrected chi connectivity index (χ1v) is 11.5. The van der Waals surface area contributed by atoms with E-state index in [9.17, 15) is 4.79 Å². The molecular formula is C23H29ClN4O3. The highest BCUT2D eigenvalue weighted by Crippen LogP contribution is 2.48. The minimum absolute atomic E-state index is 0.0135. The normalized spacial score (nSPS) is 23.8. The summed E-state index contributed by atoms with van der Waals surface area (Å²) in [6.07, 6.45) is 6.52. The molecule has 1 spiro atoms. The largest absolute Gasteiger partial charge is 0.496 e. The molecule has 0 N–H and O–H groups in total. The molecule has 3 heterocycles. The van der Waals surface area contributed by atoms with Crippen molar-refractivity contribution in [2.24, 2.45) is 5.41 Å². The number of benzene rings is 1. The molecule has 1 atom stereocenters. The zero-order valence-corrected chi connectivity index (χ0v) is 18.9. The molecule has 3 aliphatic rings. The average molecular weight is 445 g/mol. The minimum Gasteiger partial charge on any atom is -0.496 e. The lowest BCUT2D eigenvalue weighted by Crippen LogP contribution is -2.44. The second-order valence-corrected chi connectivity index (χ2v) is 9.83. The van der Waals surface area contributed by atoms with Gasteiger partial charge in [-0.25, -0.2) is 0 Å². The number of likely N-dealkylation sites (tertiary alicyclic amines) is 2. The third kappa shape index (κ3) is 3.82. The Kier molecular flexibility index (Phi) is 5.42. The third-order valence-corrected chi connectivity index (χ3v) is 7.69. The highest BCUT2D eigenvalue weighted by Gasteiger charge is 2.47. The number of aromatic nitrogens is 2. The monoisotopic (exact) mass is 444 g/mol. The Morgan fingerprint density at radius 2 is 2.06 bits per heavy atom. The van der Waals surface area contributed by atoms with Crippen LogP contribution in [0.5, 0.6) is 5.75 Å². The molecule has 1 unspecified atom stereocenters. The molecule has 5 rings (SSSR count). The van der Waals surface area contributed by atoms with Crippen LogP contribution in [0.2, 0.25) is 5.02 Å². The Morgan fingerprint density at radius 1 is 1.29 bits per heavy atom. The van der Waals surface area contributed by atoms with Gasteiger partial charge in [0.25, 0.3) is 5.91 Å². The van der Waals surface area contributed by atoms with Crippen LogP contribution in [0.15, 0.2) is 22.7 Å². The van der Waals surface area contributed by atoms with Gasteiger partial charge >= 0.3 is 0 Å². The van der Waals surface area contributed by atoms with Gasteiger partial charge in [0.05, 0.1) is 18.7 Å². The van der Waals surface area contributed by atoms with E-state index in [4.69, 9.17) is 25.8 Å². The van der Waals surface area contributed by atoms with E-state index in [0.29, 0.717) is 22.3 Å². The molecular weight excluding hydrogens is 416 g/mol. The number of nitrogens with zero attached hydrogens (tertiary/aromatic N) is 4. The molecule has 1 aliphatic carbocycles. The molecule has 0 radical (unpaired) electrons. The molecule has 8 heteroatoms. The van der Waals surface area contributed by atoms with E-state index < -0.39 is 0 Å². The van der Waals surface area contributed by atoms with Gasteiger partial charge in [-0.2, -0.15) is 4.98 Å². The molecule has 31 heavy (non-hydrogen) atoms. The summed E-state index contributed by atoms with van der Waals surface area (Å²) in [7, 11) is 3.72. The third-order valence-electron chi connectivity index (χ3n) is 7.46. The van der Waals surface area contributed by atoms with Crippen LogP contribution in [0, 0.1) is 5.41 Å². The van der Waals surface area contributed by atoms with E-state index >= 15 is 0 Å². The SMILES string of the molecule is COc1ccc(Cl)cc1C(=O)N1CCC2(CC1)CC(c1noc(C3CCC3)n1)N(C)C2. The van der Waals surface area contributed by atoms with Crippen LogP contribution >= 0.6 is 11.6 Å². The van der Waals surface area contributed by atoms with Gasteiger partial charge in [-0.15, -0.1) is 0 Å². The first-order valence-electron chi connectivity index (χ1n) is 11.1. The fraction of sp³-hybridized carbons (Fsp3) is 0.609. The fourth-order valence-corrected chi connectivity index (χ4v) is 5.50. The molecule has 2 aliphatic heterocycles. The number of rotatable bonds is 4. The number of carbonyl (C=O) groups is 1. The number of methoxy groups -OCH3 is 1. The van der Waals surface area contributed by atoms with Gasteiger partial charge < -0.3 is 14.2 Å². The number of carbonyl (C=O) groups excluding carboxylic acids is 1. The zero-order chi connectivity index (χ0) is 21.6. The maximum Gasteiger partial charge on any atom is 0.257 e. The van der Waals surface area contributed by atoms with E-state index in [1.54, 1.807) is 25.3 Å². The quantitative estimate of drug-likeness (QED) is 0.700. The van der Waals surface area contributed by atoms with Gasteiger partial charge in [-0.05, 0) is 62.8 Å². The molecule has 1 amide bonds. The van der Waals surface area contributed by atoms with E-state index in [1.807, 2.05) is 4.90 Å². The molecule has 1 aromatic carbocycles. The highest BCUT2D eigenvalue weighted by molar-refractivity contribution is 6.31. The summed E-state index contributed by atoms with van der Waals surface area (Å²) in [6.45, 7) is 2.46. The summed E-state index contributed by atoms with van der Waals surface area (Å²) in [4.78, 5) is 22.2. The van der Waals surface area contributed by atoms with Crippen LogP contribution < -0.4 is 4.74 Å². The predicted molar refractivity (Wildman–Crippen MR) is 116 cm³/mol. The van der Waals surface area contributed by atoms with E-state index in [0.717, 1.165) is 63.5 Å². The van der Waals surface area contributed by atoms with Gasteiger partial charge in [0, 0.05) is 30.6 Å². The summed E-state index contributed by atoms with van der Waals surface area (Å²) >= 11 is 6.13. The topological polar surface area (TPSA) is 71.7 Å². The Hall–Kier alpha value is -2.12. The summed E-state index contributed by atoms with van der Waals surface area (Å²) in [6, 6.07) is 5.38. The summed E-state index contributed by atoms with van der Waals surface area (Å²) in [5.74, 6) is 2.64. The first-order chi connectivity index (χ1) is 15.0. The molecule has 1 saturated carbocycles. The summed E-state index contributed by atoms with van der Waals surface area (Å²) in [5, 5.41) is 4.86. The maximum absolute atomic E-state index is 13.1. The number of hydrogen-bond donors (Lipinski definition) is 0. The second-order valence-electron chi connectivity index (χ2n) is 9.39. The number of amides is 1. The van der Waals surface area contributed by atoms with Crippen LogP contribution in [0.3, 0.4) is 0 Å². The minimum atomic E-state index is -0.0135. The van der Waals surface area contributed by atoms with Gasteiger partial charge in [0.2, 0.25) is 5.89 Å². The van der Waals surface area contributed by atoms with Crippen molar-refractivity contribution in [3.63, 3.8) is 0 Å². The Balaban J connectivity index is 1.25. The van der Waals surface area contributed by atoms with E-state index in [1.165, 1.54) is 6.42 Å². The van der Waals surface area contributed by atoms with Gasteiger partial charge in [0.1, 0.15) is 5.75 Å². The maximum atomic E-state index is 13.1. The van der Waals surface area contributed by atoms with Crippen molar-refractivity contribution in [3.8, 4) is 5.75 Å². The predicted octanol–water partition coefficient (Wildman–Crippen LogP) is 4.30. The summed E-state index contributed by atoms with van der Waals surface area (Å²) in [5.41, 5.74) is 0.717. The lowest BCUT2D eigenvalue weighted by atomic mass is 9.76. The smallest absolute Gasteiger partial charge is 0.257 e. The molecule has 3 fully saturated rings. The number of ether oxygens (including phenoxy) is 1. The molecule has 166 valence electrons. The summed E-state index contributed by atoms with van der Waals surface area (Å²) < 4.78 is 10.9. The van der Waals surface area contributed by atoms with E-state index in [-0.39, 0.29) is 17.4 Å². The number of halogens is 1. The Bertz CT molecular complexity index is 965. The Labute approximate surface area is 187 Å². The number of hydrogen-bond acceptors (Lipinski definition) is 6. The van der Waals surface area contributed by atoms with Crippen LogP contribution in [0.25, 0.3) is 0 Å². The Morgan fingerprint density at radius 3 is 2.74 bits per heavy atom. The van der Waals surface area contributed by atoms with Crippen molar-refractivity contribution in [1.82, 2.24) is 19.9 Å². The van der Waals surface area contributed by atoms with Crippen molar-refractivity contribution < 1.29 is 14.1 Å². The van der Waals surface area contributed by atoms with Crippen molar-refractivity contribution in [2.45, 2.75) is 50.5 Å². The molecule has 2 saturated heterocycles. The van der Waals surface area contributed by atoms with Crippen molar-refractivity contribution in [3.05, 3.63) is 40.5 Å². The van der Waals surface area contributed by atoms with Gasteiger partial charge in [-0.1, -0.05) is 23.2 Å². The van der Waals surface area contributed by atoms with Crippen molar-refractivity contribution in [2.75, 3.05) is 33.8 Å². The fourth-order valence-electron chi connectivity index (χ4n) is 5.33. The number of piperidine rings is 1. The molecule has 1 aromatic heterocycles. The van der Waals surface area contributed by atoms with Crippen molar-refractivity contribution >= 4 is 17.5 Å². The second kappa shape index (κ2) is 8.10. The lowest BCUT2D eigenvalue weighted by Gasteiger charge is -2.39. The highest BCUT2D eigenvalue weighted by atomic mass is 35.5. The van der Waals surface area contributed by atoms with Crippen LogP contribution in [-0.2, 0) is 0 Å². The molecule has 2 aromatic rings.